The lowest BCUT2D eigenvalue weighted by Crippen LogP contribution is -2.27. The Hall–Kier alpha value is -0.870. The molecule has 3 rings (SSSR count). The fraction of sp³-hybridized carbons (Fsp3) is 0.750. The van der Waals surface area contributed by atoms with Crippen LogP contribution in [0.2, 0.25) is 0 Å². The molecule has 0 bridgehead atoms. The van der Waals surface area contributed by atoms with Crippen molar-refractivity contribution in [2.75, 3.05) is 20.1 Å². The number of aryl methyl sites for hydroxylation is 1. The van der Waals surface area contributed by atoms with Crippen LogP contribution in [0.15, 0.2) is 6.20 Å². The van der Waals surface area contributed by atoms with Gasteiger partial charge in [0.2, 0.25) is 0 Å². The van der Waals surface area contributed by atoms with E-state index in [1.54, 1.807) is 0 Å². The van der Waals surface area contributed by atoms with Crippen molar-refractivity contribution in [3.63, 3.8) is 0 Å². The highest BCUT2D eigenvalue weighted by Crippen LogP contribution is 2.31. The molecule has 2 unspecified atom stereocenters. The van der Waals surface area contributed by atoms with Crippen LogP contribution < -0.4 is 5.73 Å². The van der Waals surface area contributed by atoms with Gasteiger partial charge in [-0.3, -0.25) is 0 Å². The summed E-state index contributed by atoms with van der Waals surface area (Å²) < 4.78 is 2.30. The van der Waals surface area contributed by atoms with E-state index in [0.717, 1.165) is 19.4 Å². The normalized spacial score (nSPS) is 30.6. The number of likely N-dealkylation sites (tertiary alicyclic amines) is 1. The second kappa shape index (κ2) is 3.86. The third-order valence-corrected chi connectivity index (χ3v) is 3.92. The molecule has 3 heterocycles. The third kappa shape index (κ3) is 1.57. The molecule has 1 saturated heterocycles. The van der Waals surface area contributed by atoms with E-state index in [9.17, 15) is 0 Å². The maximum absolute atomic E-state index is 6.20. The van der Waals surface area contributed by atoms with E-state index in [2.05, 4.69) is 21.5 Å². The first-order valence-corrected chi connectivity index (χ1v) is 6.26. The van der Waals surface area contributed by atoms with Crippen molar-refractivity contribution in [2.24, 2.45) is 5.73 Å². The van der Waals surface area contributed by atoms with Gasteiger partial charge in [-0.2, -0.15) is 0 Å². The first kappa shape index (κ1) is 10.3. The minimum absolute atomic E-state index is 0.159. The quantitative estimate of drug-likeness (QED) is 0.771. The fourth-order valence-electron chi connectivity index (χ4n) is 3.05. The first-order valence-electron chi connectivity index (χ1n) is 6.26. The molecule has 4 heteroatoms. The molecule has 0 amide bonds. The standard InChI is InChI=1S/C12H20N4/c1-15-6-5-9(8-15)12-14-7-10-3-2-4-11(13)16(10)12/h7,9,11H,2-6,8,13H2,1H3. The summed E-state index contributed by atoms with van der Waals surface area (Å²) in [5, 5.41) is 0. The second-order valence-electron chi connectivity index (χ2n) is 5.19. The van der Waals surface area contributed by atoms with E-state index in [1.807, 2.05) is 6.20 Å². The van der Waals surface area contributed by atoms with Gasteiger partial charge in [-0.05, 0) is 39.3 Å². The average Bonchev–Trinajstić information content (AvgIpc) is 2.84. The lowest BCUT2D eigenvalue weighted by molar-refractivity contribution is 0.380. The smallest absolute Gasteiger partial charge is 0.114 e. The number of aromatic nitrogens is 2. The molecule has 0 spiro atoms. The Morgan fingerprint density at radius 1 is 1.44 bits per heavy atom. The van der Waals surface area contributed by atoms with Crippen LogP contribution in [-0.4, -0.2) is 34.6 Å². The monoisotopic (exact) mass is 220 g/mol. The van der Waals surface area contributed by atoms with Gasteiger partial charge in [-0.25, -0.2) is 4.98 Å². The zero-order chi connectivity index (χ0) is 11.1. The largest absolute Gasteiger partial charge is 0.316 e. The van der Waals surface area contributed by atoms with Crippen molar-refractivity contribution in [3.05, 3.63) is 17.7 Å². The van der Waals surface area contributed by atoms with Gasteiger partial charge >= 0.3 is 0 Å². The Labute approximate surface area is 96.4 Å². The van der Waals surface area contributed by atoms with Gasteiger partial charge in [-0.1, -0.05) is 0 Å². The summed E-state index contributed by atoms with van der Waals surface area (Å²) in [6, 6.07) is 0. The molecule has 1 fully saturated rings. The van der Waals surface area contributed by atoms with E-state index in [1.165, 1.54) is 30.9 Å². The van der Waals surface area contributed by atoms with E-state index in [4.69, 9.17) is 5.73 Å². The van der Waals surface area contributed by atoms with Crippen molar-refractivity contribution >= 4 is 0 Å². The van der Waals surface area contributed by atoms with Crippen LogP contribution in [0.5, 0.6) is 0 Å². The van der Waals surface area contributed by atoms with Crippen molar-refractivity contribution in [3.8, 4) is 0 Å². The lowest BCUT2D eigenvalue weighted by atomic mass is 10.1. The summed E-state index contributed by atoms with van der Waals surface area (Å²) in [7, 11) is 2.18. The summed E-state index contributed by atoms with van der Waals surface area (Å²) in [4.78, 5) is 7.00. The van der Waals surface area contributed by atoms with Crippen molar-refractivity contribution in [2.45, 2.75) is 37.8 Å². The highest BCUT2D eigenvalue weighted by Gasteiger charge is 2.29. The number of hydrogen-bond acceptors (Lipinski definition) is 3. The third-order valence-electron chi connectivity index (χ3n) is 3.92. The van der Waals surface area contributed by atoms with Crippen LogP contribution in [0.25, 0.3) is 0 Å². The van der Waals surface area contributed by atoms with Gasteiger partial charge in [0.05, 0.1) is 6.17 Å². The molecule has 0 aromatic carbocycles. The molecule has 4 nitrogen and oxygen atoms in total. The molecule has 0 radical (unpaired) electrons. The van der Waals surface area contributed by atoms with E-state index < -0.39 is 0 Å². The topological polar surface area (TPSA) is 47.1 Å². The second-order valence-corrected chi connectivity index (χ2v) is 5.19. The molecule has 1 aromatic rings. The van der Waals surface area contributed by atoms with Crippen LogP contribution in [0.1, 0.15) is 42.9 Å². The van der Waals surface area contributed by atoms with Gasteiger partial charge in [-0.15, -0.1) is 0 Å². The zero-order valence-electron chi connectivity index (χ0n) is 9.89. The summed E-state index contributed by atoms with van der Waals surface area (Å²) in [6.45, 7) is 2.31. The predicted octanol–water partition coefficient (Wildman–Crippen LogP) is 1.10. The summed E-state index contributed by atoms with van der Waals surface area (Å²) in [5.74, 6) is 1.81. The average molecular weight is 220 g/mol. The van der Waals surface area contributed by atoms with E-state index in [-0.39, 0.29) is 6.17 Å². The Morgan fingerprint density at radius 3 is 3.06 bits per heavy atom. The van der Waals surface area contributed by atoms with Crippen molar-refractivity contribution in [1.29, 1.82) is 0 Å². The number of nitrogens with two attached hydrogens (primary N) is 1. The summed E-state index contributed by atoms with van der Waals surface area (Å²) >= 11 is 0. The van der Waals surface area contributed by atoms with Crippen molar-refractivity contribution in [1.82, 2.24) is 14.5 Å². The van der Waals surface area contributed by atoms with Crippen molar-refractivity contribution < 1.29 is 0 Å². The number of fused-ring (bicyclic) bond motifs is 1. The van der Waals surface area contributed by atoms with Crippen LogP contribution in [0.4, 0.5) is 0 Å². The number of nitrogens with zero attached hydrogens (tertiary/aromatic N) is 3. The molecule has 16 heavy (non-hydrogen) atoms. The molecule has 2 aliphatic rings. The maximum atomic E-state index is 6.20. The van der Waals surface area contributed by atoms with Crippen LogP contribution >= 0.6 is 0 Å². The number of likely N-dealkylation sites (N-methyl/N-ethyl adjacent to an activating group) is 1. The van der Waals surface area contributed by atoms with Crippen LogP contribution in [0.3, 0.4) is 0 Å². The minimum atomic E-state index is 0.159. The van der Waals surface area contributed by atoms with Gasteiger partial charge < -0.3 is 15.2 Å². The maximum Gasteiger partial charge on any atom is 0.114 e. The molecular formula is C12H20N4. The van der Waals surface area contributed by atoms with E-state index in [0.29, 0.717) is 5.92 Å². The Bertz CT molecular complexity index is 384. The molecule has 1 aromatic heterocycles. The Balaban J connectivity index is 1.93. The number of rotatable bonds is 1. The molecule has 2 aliphatic heterocycles. The number of imidazole rings is 1. The van der Waals surface area contributed by atoms with Gasteiger partial charge in [0, 0.05) is 24.4 Å². The van der Waals surface area contributed by atoms with Crippen LogP contribution in [-0.2, 0) is 6.42 Å². The highest BCUT2D eigenvalue weighted by molar-refractivity contribution is 5.14. The minimum Gasteiger partial charge on any atom is -0.316 e. The Kier molecular flexibility index (Phi) is 2.48. The van der Waals surface area contributed by atoms with Gasteiger partial charge in [0.25, 0.3) is 0 Å². The molecule has 88 valence electrons. The molecular weight excluding hydrogens is 200 g/mol. The fourth-order valence-corrected chi connectivity index (χ4v) is 3.05. The van der Waals surface area contributed by atoms with E-state index >= 15 is 0 Å². The molecule has 2 atom stereocenters. The molecule has 0 saturated carbocycles. The van der Waals surface area contributed by atoms with Gasteiger partial charge in [0.15, 0.2) is 0 Å². The Morgan fingerprint density at radius 2 is 2.31 bits per heavy atom. The SMILES string of the molecule is CN1CCC(c2ncc3n2C(N)CCC3)C1. The van der Waals surface area contributed by atoms with Crippen LogP contribution in [0, 0.1) is 0 Å². The molecule has 0 aliphatic carbocycles. The lowest BCUT2D eigenvalue weighted by Gasteiger charge is -2.25. The van der Waals surface area contributed by atoms with Gasteiger partial charge in [0.1, 0.15) is 5.82 Å². The number of hydrogen-bond donors (Lipinski definition) is 1. The summed E-state index contributed by atoms with van der Waals surface area (Å²) in [5.41, 5.74) is 7.54. The first-order chi connectivity index (χ1) is 7.75. The zero-order valence-corrected chi connectivity index (χ0v) is 9.89. The highest BCUT2D eigenvalue weighted by atomic mass is 15.2. The summed E-state index contributed by atoms with van der Waals surface area (Å²) in [6.07, 6.45) is 6.86. The molecule has 2 N–H and O–H groups in total. The predicted molar refractivity (Wildman–Crippen MR) is 63.2 cm³/mol.